The minimum Gasteiger partial charge on any atom is -0.356 e. The number of halogens is 2. The van der Waals surface area contributed by atoms with Crippen LogP contribution in [0.2, 0.25) is 10.0 Å². The number of benzene rings is 1. The first-order chi connectivity index (χ1) is 12.5. The van der Waals surface area contributed by atoms with E-state index in [-0.39, 0.29) is 17.7 Å². The molecule has 0 unspecified atom stereocenters. The van der Waals surface area contributed by atoms with Crippen LogP contribution in [0, 0.1) is 5.92 Å². The molecule has 0 bridgehead atoms. The Labute approximate surface area is 165 Å². The molecule has 1 aliphatic heterocycles. The molecule has 0 spiro atoms. The Balaban J connectivity index is 1.80. The molecule has 0 saturated carbocycles. The van der Waals surface area contributed by atoms with Gasteiger partial charge in [-0.25, -0.2) is 0 Å². The third kappa shape index (κ3) is 6.33. The van der Waals surface area contributed by atoms with Gasteiger partial charge < -0.3 is 10.2 Å². The van der Waals surface area contributed by atoms with Gasteiger partial charge >= 0.3 is 0 Å². The molecule has 4 nitrogen and oxygen atoms in total. The van der Waals surface area contributed by atoms with Crippen LogP contribution in [0.3, 0.4) is 0 Å². The molecule has 6 heteroatoms. The molecule has 2 amide bonds. The first-order valence-electron chi connectivity index (χ1n) is 9.21. The van der Waals surface area contributed by atoms with Crippen molar-refractivity contribution in [2.75, 3.05) is 19.6 Å². The van der Waals surface area contributed by atoms with Gasteiger partial charge in [-0.3, -0.25) is 9.59 Å². The molecule has 2 rings (SSSR count). The Morgan fingerprint density at radius 2 is 1.96 bits per heavy atom. The highest BCUT2D eigenvalue weighted by Gasteiger charge is 2.26. The van der Waals surface area contributed by atoms with Gasteiger partial charge in [-0.15, -0.1) is 0 Å². The fourth-order valence-corrected chi connectivity index (χ4v) is 3.36. The number of hydrogen-bond acceptors (Lipinski definition) is 2. The summed E-state index contributed by atoms with van der Waals surface area (Å²) in [5.74, 6) is 0.0596. The molecule has 26 heavy (non-hydrogen) atoms. The number of nitrogens with one attached hydrogen (secondary N) is 1. The van der Waals surface area contributed by atoms with E-state index in [0.717, 1.165) is 25.8 Å². The Morgan fingerprint density at radius 1 is 1.23 bits per heavy atom. The molecule has 1 aromatic carbocycles. The quantitative estimate of drug-likeness (QED) is 0.542. The summed E-state index contributed by atoms with van der Waals surface area (Å²) in [6, 6.07) is 5.14. The molecule has 1 N–H and O–H groups in total. The third-order valence-electron chi connectivity index (χ3n) is 4.62. The maximum absolute atomic E-state index is 12.4. The molecular weight excluding hydrogens is 371 g/mol. The Kier molecular flexibility index (Phi) is 8.46. The number of hydrogen-bond donors (Lipinski definition) is 1. The molecule has 1 aromatic rings. The van der Waals surface area contributed by atoms with E-state index in [1.807, 2.05) is 0 Å². The molecular formula is C20H26Cl2N2O2. The van der Waals surface area contributed by atoms with Crippen molar-refractivity contribution in [1.82, 2.24) is 10.2 Å². The van der Waals surface area contributed by atoms with E-state index in [2.05, 4.69) is 12.2 Å². The number of nitrogens with zero attached hydrogens (tertiary/aromatic N) is 1. The van der Waals surface area contributed by atoms with E-state index in [1.165, 1.54) is 6.08 Å². The second-order valence-electron chi connectivity index (χ2n) is 6.60. The summed E-state index contributed by atoms with van der Waals surface area (Å²) in [4.78, 5) is 26.3. The SMILES string of the molecule is CCCCCNC(=O)C1CCN(C(=O)/C=C/c2cc(Cl)ccc2Cl)CC1. The van der Waals surface area contributed by atoms with E-state index in [9.17, 15) is 9.59 Å². The van der Waals surface area contributed by atoms with Gasteiger partial charge in [-0.1, -0.05) is 43.0 Å². The molecule has 1 saturated heterocycles. The predicted octanol–water partition coefficient (Wildman–Crippen LogP) is 4.55. The zero-order valence-electron chi connectivity index (χ0n) is 15.1. The molecule has 0 aromatic heterocycles. The Morgan fingerprint density at radius 3 is 2.65 bits per heavy atom. The van der Waals surface area contributed by atoms with Gasteiger partial charge in [0, 0.05) is 41.7 Å². The van der Waals surface area contributed by atoms with Crippen molar-refractivity contribution >= 4 is 41.1 Å². The Bertz CT molecular complexity index is 653. The summed E-state index contributed by atoms with van der Waals surface area (Å²) < 4.78 is 0. The standard InChI is InChI=1S/C20H26Cl2N2O2/c1-2-3-4-11-23-20(26)15-9-12-24(13-10-15)19(25)8-5-16-14-17(21)6-7-18(16)22/h5-8,14-15H,2-4,9-13H2,1H3,(H,23,26)/b8-5+. The lowest BCUT2D eigenvalue weighted by atomic mass is 9.95. The third-order valence-corrected chi connectivity index (χ3v) is 5.20. The predicted molar refractivity (Wildman–Crippen MR) is 107 cm³/mol. The molecule has 0 aliphatic carbocycles. The second kappa shape index (κ2) is 10.6. The second-order valence-corrected chi connectivity index (χ2v) is 7.44. The normalized spacial score (nSPS) is 15.4. The summed E-state index contributed by atoms with van der Waals surface area (Å²) in [5.41, 5.74) is 0.717. The van der Waals surface area contributed by atoms with Crippen molar-refractivity contribution in [3.63, 3.8) is 0 Å². The van der Waals surface area contributed by atoms with Crippen LogP contribution in [0.15, 0.2) is 24.3 Å². The van der Waals surface area contributed by atoms with Gasteiger partial charge in [0.2, 0.25) is 11.8 Å². The van der Waals surface area contributed by atoms with Crippen molar-refractivity contribution in [2.45, 2.75) is 39.0 Å². The largest absolute Gasteiger partial charge is 0.356 e. The van der Waals surface area contributed by atoms with Crippen LogP contribution in [0.1, 0.15) is 44.6 Å². The summed E-state index contributed by atoms with van der Waals surface area (Å²) in [5, 5.41) is 4.13. The number of likely N-dealkylation sites (tertiary alicyclic amines) is 1. The van der Waals surface area contributed by atoms with E-state index in [1.54, 1.807) is 29.2 Å². The average molecular weight is 397 g/mol. The van der Waals surface area contributed by atoms with Crippen LogP contribution in [0.4, 0.5) is 0 Å². The van der Waals surface area contributed by atoms with Gasteiger partial charge in [0.25, 0.3) is 0 Å². The minimum atomic E-state index is -0.0668. The molecule has 1 fully saturated rings. The van der Waals surface area contributed by atoms with Gasteiger partial charge in [0.1, 0.15) is 0 Å². The van der Waals surface area contributed by atoms with Crippen LogP contribution < -0.4 is 5.32 Å². The van der Waals surface area contributed by atoms with Crippen LogP contribution in [0.25, 0.3) is 6.08 Å². The van der Waals surface area contributed by atoms with Gasteiger partial charge in [-0.05, 0) is 49.1 Å². The lowest BCUT2D eigenvalue weighted by Gasteiger charge is -2.30. The van der Waals surface area contributed by atoms with E-state index in [0.29, 0.717) is 41.5 Å². The zero-order chi connectivity index (χ0) is 18.9. The minimum absolute atomic E-state index is 0.00651. The smallest absolute Gasteiger partial charge is 0.246 e. The van der Waals surface area contributed by atoms with Crippen molar-refractivity contribution in [3.05, 3.63) is 39.9 Å². The molecule has 0 atom stereocenters. The van der Waals surface area contributed by atoms with Crippen molar-refractivity contribution in [1.29, 1.82) is 0 Å². The molecule has 1 heterocycles. The van der Waals surface area contributed by atoms with Gasteiger partial charge in [0.05, 0.1) is 0 Å². The monoisotopic (exact) mass is 396 g/mol. The average Bonchev–Trinajstić information content (AvgIpc) is 2.65. The van der Waals surface area contributed by atoms with E-state index >= 15 is 0 Å². The number of rotatable bonds is 7. The summed E-state index contributed by atoms with van der Waals surface area (Å²) in [7, 11) is 0. The first kappa shape index (κ1) is 20.8. The highest BCUT2D eigenvalue weighted by molar-refractivity contribution is 6.34. The molecule has 142 valence electrons. The number of carbonyl (C=O) groups is 2. The number of unbranched alkanes of at least 4 members (excludes halogenated alkanes) is 2. The number of piperidine rings is 1. The van der Waals surface area contributed by atoms with Crippen LogP contribution in [-0.2, 0) is 9.59 Å². The van der Waals surface area contributed by atoms with Gasteiger partial charge in [-0.2, -0.15) is 0 Å². The zero-order valence-corrected chi connectivity index (χ0v) is 16.7. The maximum atomic E-state index is 12.4. The fourth-order valence-electron chi connectivity index (χ4n) is 3.00. The van der Waals surface area contributed by atoms with Crippen molar-refractivity contribution in [3.8, 4) is 0 Å². The van der Waals surface area contributed by atoms with Crippen molar-refractivity contribution < 1.29 is 9.59 Å². The lowest BCUT2D eigenvalue weighted by molar-refractivity contribution is -0.132. The van der Waals surface area contributed by atoms with Crippen LogP contribution >= 0.6 is 23.2 Å². The van der Waals surface area contributed by atoms with Crippen LogP contribution in [-0.4, -0.2) is 36.3 Å². The van der Waals surface area contributed by atoms with E-state index in [4.69, 9.17) is 23.2 Å². The molecule has 0 radical (unpaired) electrons. The molecule has 1 aliphatic rings. The van der Waals surface area contributed by atoms with Gasteiger partial charge in [0.15, 0.2) is 0 Å². The summed E-state index contributed by atoms with van der Waals surface area (Å²) in [6.07, 6.45) is 7.91. The number of carbonyl (C=O) groups excluding carboxylic acids is 2. The van der Waals surface area contributed by atoms with Crippen LogP contribution in [0.5, 0.6) is 0 Å². The fraction of sp³-hybridized carbons (Fsp3) is 0.500. The maximum Gasteiger partial charge on any atom is 0.246 e. The summed E-state index contributed by atoms with van der Waals surface area (Å²) >= 11 is 12.1. The lowest BCUT2D eigenvalue weighted by Crippen LogP contribution is -2.42. The first-order valence-corrected chi connectivity index (χ1v) is 9.96. The number of amides is 2. The highest BCUT2D eigenvalue weighted by Crippen LogP contribution is 2.22. The highest BCUT2D eigenvalue weighted by atomic mass is 35.5. The van der Waals surface area contributed by atoms with Crippen molar-refractivity contribution in [2.24, 2.45) is 5.92 Å². The summed E-state index contributed by atoms with van der Waals surface area (Å²) in [6.45, 7) is 4.08. The Hall–Kier alpha value is -1.52. The topological polar surface area (TPSA) is 49.4 Å². The van der Waals surface area contributed by atoms with E-state index < -0.39 is 0 Å².